The molecule has 0 heterocycles. The topological polar surface area (TPSA) is 55.1 Å². The molecule has 5 heteroatoms. The van der Waals surface area contributed by atoms with Crippen molar-refractivity contribution < 1.29 is 4.79 Å². The minimum Gasteiger partial charge on any atom is -0.325 e. The van der Waals surface area contributed by atoms with Crippen LogP contribution >= 0.6 is 24.2 Å². The number of aryl methyl sites for hydroxylation is 1. The highest BCUT2D eigenvalue weighted by molar-refractivity contribution is 7.80. The summed E-state index contributed by atoms with van der Waals surface area (Å²) in [6.07, 6.45) is 0. The molecule has 0 aliphatic heterocycles. The highest BCUT2D eigenvalue weighted by Crippen LogP contribution is 2.19. The Morgan fingerprint density at radius 2 is 2.33 bits per heavy atom. The van der Waals surface area contributed by atoms with Gasteiger partial charge in [0.1, 0.15) is 0 Å². The molecule has 1 rings (SSSR count). The molecular weight excluding hydrogens is 232 g/mol. The van der Waals surface area contributed by atoms with E-state index in [0.29, 0.717) is 16.5 Å². The van der Waals surface area contributed by atoms with E-state index in [1.807, 2.05) is 13.0 Å². The first kappa shape index (κ1) is 12.4. The third-order valence-corrected chi connectivity index (χ3v) is 2.77. The molecule has 1 atom stereocenters. The molecule has 1 amide bonds. The van der Waals surface area contributed by atoms with Gasteiger partial charge in [-0.1, -0.05) is 17.7 Å². The minimum atomic E-state index is -0.603. The van der Waals surface area contributed by atoms with Crippen molar-refractivity contribution in [1.82, 2.24) is 0 Å². The zero-order chi connectivity index (χ0) is 11.4. The second kappa shape index (κ2) is 5.39. The van der Waals surface area contributed by atoms with E-state index in [0.717, 1.165) is 5.56 Å². The highest BCUT2D eigenvalue weighted by atomic mass is 35.5. The Balaban J connectivity index is 2.73. The van der Waals surface area contributed by atoms with Crippen LogP contribution in [0.15, 0.2) is 18.2 Å². The maximum atomic E-state index is 11.4. The number of benzene rings is 1. The van der Waals surface area contributed by atoms with Gasteiger partial charge in [-0.3, -0.25) is 4.79 Å². The third-order valence-electron chi connectivity index (χ3n) is 1.97. The smallest absolute Gasteiger partial charge is 0.242 e. The van der Waals surface area contributed by atoms with Gasteiger partial charge < -0.3 is 11.1 Å². The van der Waals surface area contributed by atoms with Gasteiger partial charge in [0.2, 0.25) is 5.91 Å². The van der Waals surface area contributed by atoms with E-state index >= 15 is 0 Å². The first-order valence-corrected chi connectivity index (χ1v) is 5.49. The Morgan fingerprint density at radius 1 is 1.67 bits per heavy atom. The van der Waals surface area contributed by atoms with Crippen LogP contribution in [0.4, 0.5) is 5.69 Å². The molecule has 1 unspecified atom stereocenters. The number of carbonyl (C=O) groups excluding carboxylic acids is 1. The van der Waals surface area contributed by atoms with Crippen LogP contribution in [-0.2, 0) is 4.79 Å². The van der Waals surface area contributed by atoms with Crippen molar-refractivity contribution in [3.63, 3.8) is 0 Å². The van der Waals surface area contributed by atoms with E-state index in [2.05, 4.69) is 17.9 Å². The lowest BCUT2D eigenvalue weighted by Gasteiger charge is -2.10. The lowest BCUT2D eigenvalue weighted by molar-refractivity contribution is -0.116. The van der Waals surface area contributed by atoms with Crippen LogP contribution in [0.1, 0.15) is 5.56 Å². The summed E-state index contributed by atoms with van der Waals surface area (Å²) in [5.74, 6) is 0.0516. The fourth-order valence-electron chi connectivity index (χ4n) is 0.988. The number of halogens is 1. The predicted molar refractivity (Wildman–Crippen MR) is 66.6 cm³/mol. The molecule has 1 aromatic carbocycles. The molecule has 0 aromatic heterocycles. The van der Waals surface area contributed by atoms with E-state index in [1.165, 1.54) is 0 Å². The first-order valence-electron chi connectivity index (χ1n) is 4.48. The summed E-state index contributed by atoms with van der Waals surface area (Å²) in [7, 11) is 0. The Morgan fingerprint density at radius 3 is 2.87 bits per heavy atom. The van der Waals surface area contributed by atoms with Crippen molar-refractivity contribution in [1.29, 1.82) is 0 Å². The standard InChI is InChI=1S/C10H13ClN2OS/c1-6-2-3-7(4-8(6)11)13-10(14)9(12)5-15/h2-4,9,15H,5,12H2,1H3,(H,13,14). The average Bonchev–Trinajstić information content (AvgIpc) is 2.22. The van der Waals surface area contributed by atoms with Crippen molar-refractivity contribution in [3.05, 3.63) is 28.8 Å². The highest BCUT2D eigenvalue weighted by Gasteiger charge is 2.11. The quantitative estimate of drug-likeness (QED) is 0.711. The fourth-order valence-corrected chi connectivity index (χ4v) is 1.33. The van der Waals surface area contributed by atoms with E-state index < -0.39 is 6.04 Å². The monoisotopic (exact) mass is 244 g/mol. The predicted octanol–water partition coefficient (Wildman–Crippen LogP) is 1.84. The number of carbonyl (C=O) groups is 1. The number of hydrogen-bond donors (Lipinski definition) is 3. The Labute approximate surface area is 99.4 Å². The lowest BCUT2D eigenvalue weighted by Crippen LogP contribution is -2.37. The zero-order valence-electron chi connectivity index (χ0n) is 8.33. The summed E-state index contributed by atoms with van der Waals surface area (Å²) in [6.45, 7) is 1.90. The summed E-state index contributed by atoms with van der Waals surface area (Å²) in [6, 6.07) is 4.71. The van der Waals surface area contributed by atoms with Crippen LogP contribution in [0.3, 0.4) is 0 Å². The normalized spacial score (nSPS) is 12.3. The van der Waals surface area contributed by atoms with Gasteiger partial charge in [-0.25, -0.2) is 0 Å². The lowest BCUT2D eigenvalue weighted by atomic mass is 10.2. The van der Waals surface area contributed by atoms with Crippen molar-refractivity contribution in [2.75, 3.05) is 11.1 Å². The van der Waals surface area contributed by atoms with Crippen LogP contribution in [0.5, 0.6) is 0 Å². The molecule has 1 aromatic rings. The van der Waals surface area contributed by atoms with Crippen molar-refractivity contribution in [2.45, 2.75) is 13.0 Å². The van der Waals surface area contributed by atoms with Crippen LogP contribution < -0.4 is 11.1 Å². The number of nitrogens with two attached hydrogens (primary N) is 1. The van der Waals surface area contributed by atoms with Crippen molar-refractivity contribution >= 4 is 35.8 Å². The van der Waals surface area contributed by atoms with Gasteiger partial charge in [0.05, 0.1) is 6.04 Å². The summed E-state index contributed by atoms with van der Waals surface area (Å²) in [4.78, 5) is 11.4. The van der Waals surface area contributed by atoms with Crippen LogP contribution in [0.25, 0.3) is 0 Å². The second-order valence-electron chi connectivity index (χ2n) is 3.24. The van der Waals surface area contributed by atoms with Gasteiger partial charge >= 0.3 is 0 Å². The van der Waals surface area contributed by atoms with Gasteiger partial charge in [0.15, 0.2) is 0 Å². The number of hydrogen-bond acceptors (Lipinski definition) is 3. The Hall–Kier alpha value is -0.710. The van der Waals surface area contributed by atoms with Gasteiger partial charge in [0.25, 0.3) is 0 Å². The molecule has 15 heavy (non-hydrogen) atoms. The summed E-state index contributed by atoms with van der Waals surface area (Å²) >= 11 is 9.86. The molecule has 0 radical (unpaired) electrons. The number of nitrogens with one attached hydrogen (secondary N) is 1. The van der Waals surface area contributed by atoms with Gasteiger partial charge in [0, 0.05) is 16.5 Å². The van der Waals surface area contributed by atoms with Gasteiger partial charge in [-0.2, -0.15) is 12.6 Å². The summed E-state index contributed by atoms with van der Waals surface area (Å²) in [5.41, 5.74) is 7.12. The number of thiol groups is 1. The van der Waals surface area contributed by atoms with Gasteiger partial charge in [-0.05, 0) is 24.6 Å². The maximum absolute atomic E-state index is 11.4. The molecular formula is C10H13ClN2OS. The van der Waals surface area contributed by atoms with E-state index in [-0.39, 0.29) is 5.91 Å². The van der Waals surface area contributed by atoms with Gasteiger partial charge in [-0.15, -0.1) is 0 Å². The molecule has 0 spiro atoms. The molecule has 0 fully saturated rings. The summed E-state index contributed by atoms with van der Waals surface area (Å²) in [5, 5.41) is 3.28. The van der Waals surface area contributed by atoms with E-state index in [1.54, 1.807) is 12.1 Å². The molecule has 3 nitrogen and oxygen atoms in total. The van der Waals surface area contributed by atoms with E-state index in [9.17, 15) is 4.79 Å². The molecule has 0 bridgehead atoms. The number of anilines is 1. The molecule has 0 saturated carbocycles. The van der Waals surface area contributed by atoms with Crippen LogP contribution in [-0.4, -0.2) is 17.7 Å². The van der Waals surface area contributed by atoms with E-state index in [4.69, 9.17) is 17.3 Å². The zero-order valence-corrected chi connectivity index (χ0v) is 9.98. The Bertz CT molecular complexity index is 370. The third kappa shape index (κ3) is 3.41. The fraction of sp³-hybridized carbons (Fsp3) is 0.300. The molecule has 0 saturated heterocycles. The van der Waals surface area contributed by atoms with Crippen LogP contribution in [0.2, 0.25) is 5.02 Å². The second-order valence-corrected chi connectivity index (χ2v) is 4.01. The minimum absolute atomic E-state index is 0.259. The molecule has 0 aliphatic carbocycles. The Kier molecular flexibility index (Phi) is 4.45. The maximum Gasteiger partial charge on any atom is 0.242 e. The number of amides is 1. The molecule has 3 N–H and O–H groups in total. The van der Waals surface area contributed by atoms with Crippen molar-refractivity contribution in [3.8, 4) is 0 Å². The first-order chi connectivity index (χ1) is 7.04. The SMILES string of the molecule is Cc1ccc(NC(=O)C(N)CS)cc1Cl. The molecule has 0 aliphatic rings. The largest absolute Gasteiger partial charge is 0.325 e. The van der Waals surface area contributed by atoms with Crippen LogP contribution in [0, 0.1) is 6.92 Å². The average molecular weight is 245 g/mol. The van der Waals surface area contributed by atoms with Crippen molar-refractivity contribution in [2.24, 2.45) is 5.73 Å². The summed E-state index contributed by atoms with van der Waals surface area (Å²) < 4.78 is 0. The number of rotatable bonds is 3. The molecule has 82 valence electrons.